The first kappa shape index (κ1) is 14.0. The molecule has 0 spiro atoms. The summed E-state index contributed by atoms with van der Waals surface area (Å²) >= 11 is 7.97. The van der Waals surface area contributed by atoms with Gasteiger partial charge in [-0.1, -0.05) is 24.4 Å². The number of rotatable bonds is 0. The number of fused-ring (bicyclic) bond motifs is 2. The Bertz CT molecular complexity index is 874. The summed E-state index contributed by atoms with van der Waals surface area (Å²) in [6.07, 6.45) is 6.36. The third-order valence-electron chi connectivity index (χ3n) is 4.92. The van der Waals surface area contributed by atoms with E-state index in [2.05, 4.69) is 12.2 Å². The molecule has 3 nitrogen and oxygen atoms in total. The van der Waals surface area contributed by atoms with E-state index in [-0.39, 0.29) is 35.0 Å². The van der Waals surface area contributed by atoms with E-state index in [1.165, 1.54) is 22.7 Å². The first-order chi connectivity index (χ1) is 10.7. The maximum Gasteiger partial charge on any atom is 0.178 e. The minimum atomic E-state index is -0.122. The molecular weight excluding hydrogens is 332 g/mol. The molecule has 108 valence electrons. The van der Waals surface area contributed by atoms with Crippen LogP contribution < -0.4 is 0 Å². The second-order valence-electron chi connectivity index (χ2n) is 5.83. The van der Waals surface area contributed by atoms with E-state index in [1.807, 2.05) is 12.1 Å². The predicted octanol–water partition coefficient (Wildman–Crippen LogP) is 4.36. The second kappa shape index (κ2) is 4.96. The van der Waals surface area contributed by atoms with Crippen molar-refractivity contribution < 1.29 is 4.79 Å². The van der Waals surface area contributed by atoms with Gasteiger partial charge >= 0.3 is 0 Å². The van der Waals surface area contributed by atoms with Crippen LogP contribution in [0.1, 0.15) is 27.4 Å². The zero-order valence-electron chi connectivity index (χ0n) is 11.4. The van der Waals surface area contributed by atoms with Gasteiger partial charge in [-0.15, -0.1) is 22.7 Å². The Balaban J connectivity index is 2.06. The van der Waals surface area contributed by atoms with Gasteiger partial charge in [-0.3, -0.25) is 4.79 Å². The minimum Gasteiger partial charge on any atom is -0.293 e. The molecular formula is C16H10N2OS3. The summed E-state index contributed by atoms with van der Waals surface area (Å²) in [5.74, 6) is 0.487. The Morgan fingerprint density at radius 3 is 2.27 bits per heavy atom. The van der Waals surface area contributed by atoms with E-state index in [0.717, 1.165) is 23.3 Å². The largest absolute Gasteiger partial charge is 0.293 e. The van der Waals surface area contributed by atoms with Crippen LogP contribution in [0.5, 0.6) is 0 Å². The van der Waals surface area contributed by atoms with Gasteiger partial charge in [0.05, 0.1) is 9.75 Å². The zero-order valence-corrected chi connectivity index (χ0v) is 13.9. The van der Waals surface area contributed by atoms with Gasteiger partial charge in [0.15, 0.2) is 5.78 Å². The van der Waals surface area contributed by atoms with Gasteiger partial charge < -0.3 is 0 Å². The molecule has 1 aromatic heterocycles. The molecule has 1 heterocycles. The van der Waals surface area contributed by atoms with Crippen molar-refractivity contribution in [2.75, 3.05) is 0 Å². The summed E-state index contributed by atoms with van der Waals surface area (Å²) < 4.78 is 0.685. The molecule has 0 N–H and O–H groups in total. The Hall–Kier alpha value is -1.60. The highest BCUT2D eigenvalue weighted by Gasteiger charge is 2.51. The van der Waals surface area contributed by atoms with Gasteiger partial charge in [0.1, 0.15) is 20.8 Å². The summed E-state index contributed by atoms with van der Waals surface area (Å²) in [7, 11) is 0. The smallest absolute Gasteiger partial charge is 0.178 e. The number of nitriles is 2. The normalized spacial score (nSPS) is 31.2. The van der Waals surface area contributed by atoms with Gasteiger partial charge in [-0.05, 0) is 24.7 Å². The zero-order chi connectivity index (χ0) is 15.4. The SMILES string of the molecule is N#CC(C#N)=C1c2sc(=S)sc2C(=O)C2C3C=CC(CC3)C12. The maximum atomic E-state index is 12.9. The first-order valence-electron chi connectivity index (χ1n) is 7.07. The van der Waals surface area contributed by atoms with Gasteiger partial charge in [0.25, 0.3) is 0 Å². The minimum absolute atomic E-state index is 0.0294. The molecule has 4 unspecified atom stereocenters. The van der Waals surface area contributed by atoms with Crippen molar-refractivity contribution in [3.63, 3.8) is 0 Å². The number of hydrogen-bond acceptors (Lipinski definition) is 6. The topological polar surface area (TPSA) is 64.7 Å². The molecule has 0 saturated heterocycles. The van der Waals surface area contributed by atoms with E-state index >= 15 is 0 Å². The quantitative estimate of drug-likeness (QED) is 0.399. The Kier molecular flexibility index (Phi) is 3.16. The van der Waals surface area contributed by atoms with E-state index in [4.69, 9.17) is 12.2 Å². The van der Waals surface area contributed by atoms with Crippen LogP contribution >= 0.6 is 34.9 Å². The summed E-state index contributed by atoms with van der Waals surface area (Å²) in [4.78, 5) is 14.4. The number of Topliss-reactive ketones (excluding diaryl/α,β-unsaturated/α-hetero) is 1. The van der Waals surface area contributed by atoms with Crippen LogP contribution in [0.3, 0.4) is 0 Å². The van der Waals surface area contributed by atoms with Gasteiger partial charge in [-0.2, -0.15) is 10.5 Å². The van der Waals surface area contributed by atoms with Crippen molar-refractivity contribution in [3.05, 3.63) is 30.6 Å². The molecule has 5 rings (SSSR count). The lowest BCUT2D eigenvalue weighted by Crippen LogP contribution is -2.44. The average molecular weight is 342 g/mol. The summed E-state index contributed by atoms with van der Waals surface area (Å²) in [6, 6.07) is 4.08. The van der Waals surface area contributed by atoms with Crippen LogP contribution in [0, 0.1) is 49.5 Å². The fourth-order valence-electron chi connectivity index (χ4n) is 4.09. The highest BCUT2D eigenvalue weighted by atomic mass is 32.2. The van der Waals surface area contributed by atoms with Crippen molar-refractivity contribution in [1.82, 2.24) is 0 Å². The number of carbonyl (C=O) groups is 1. The lowest BCUT2D eigenvalue weighted by Gasteiger charge is -2.47. The van der Waals surface area contributed by atoms with E-state index < -0.39 is 0 Å². The van der Waals surface area contributed by atoms with Crippen LogP contribution in [-0.2, 0) is 0 Å². The Morgan fingerprint density at radius 1 is 1.09 bits per heavy atom. The molecule has 2 bridgehead atoms. The Morgan fingerprint density at radius 2 is 1.68 bits per heavy atom. The third-order valence-corrected chi connectivity index (χ3v) is 7.62. The number of allylic oxidation sites excluding steroid dienone is 4. The number of carbonyl (C=O) groups excluding carboxylic acids is 1. The maximum absolute atomic E-state index is 12.9. The van der Waals surface area contributed by atoms with Crippen LogP contribution in [0.15, 0.2) is 17.7 Å². The highest BCUT2D eigenvalue weighted by Crippen LogP contribution is 2.57. The molecule has 1 aromatic rings. The molecule has 1 saturated carbocycles. The number of hydrogen-bond donors (Lipinski definition) is 0. The highest BCUT2D eigenvalue weighted by molar-refractivity contribution is 7.76. The molecule has 0 radical (unpaired) electrons. The van der Waals surface area contributed by atoms with Crippen LogP contribution in [-0.4, -0.2) is 5.78 Å². The molecule has 22 heavy (non-hydrogen) atoms. The molecule has 0 aromatic carbocycles. The summed E-state index contributed by atoms with van der Waals surface area (Å²) in [5.41, 5.74) is 0.926. The Labute approximate surface area is 140 Å². The molecule has 1 fully saturated rings. The standard InChI is InChI=1S/C16H10N2OS3/c17-5-9(6-18)12-10-7-1-3-8(4-2-7)11(10)13(19)15-14(12)21-16(20)22-15/h1,3,7-8,10-11H,2,4H2. The molecule has 4 atom stereocenters. The van der Waals surface area contributed by atoms with Gasteiger partial charge in [0.2, 0.25) is 0 Å². The molecule has 0 amide bonds. The van der Waals surface area contributed by atoms with Crippen molar-refractivity contribution in [3.8, 4) is 12.1 Å². The molecule has 6 heteroatoms. The first-order valence-corrected chi connectivity index (χ1v) is 9.11. The van der Waals surface area contributed by atoms with Crippen molar-refractivity contribution in [1.29, 1.82) is 10.5 Å². The number of nitrogens with zero attached hydrogens (tertiary/aromatic N) is 2. The van der Waals surface area contributed by atoms with Crippen LogP contribution in [0.25, 0.3) is 5.57 Å². The van der Waals surface area contributed by atoms with Crippen molar-refractivity contribution in [2.45, 2.75) is 12.8 Å². The molecule has 0 aliphatic heterocycles. The van der Waals surface area contributed by atoms with Crippen LogP contribution in [0.4, 0.5) is 0 Å². The molecule has 4 aliphatic rings. The van der Waals surface area contributed by atoms with Gasteiger partial charge in [-0.25, -0.2) is 0 Å². The van der Waals surface area contributed by atoms with Crippen molar-refractivity contribution in [2.24, 2.45) is 23.7 Å². The van der Waals surface area contributed by atoms with E-state index in [9.17, 15) is 15.3 Å². The second-order valence-corrected chi connectivity index (χ2v) is 9.06. The predicted molar refractivity (Wildman–Crippen MR) is 87.8 cm³/mol. The summed E-state index contributed by atoms with van der Waals surface area (Å²) in [5, 5.41) is 18.8. The van der Waals surface area contributed by atoms with Gasteiger partial charge in [0, 0.05) is 17.4 Å². The number of ketones is 1. The van der Waals surface area contributed by atoms with Crippen LogP contribution in [0.2, 0.25) is 0 Å². The average Bonchev–Trinajstić information content (AvgIpc) is 2.94. The van der Waals surface area contributed by atoms with Crippen molar-refractivity contribution >= 4 is 46.2 Å². The fraction of sp³-hybridized carbons (Fsp3) is 0.375. The monoisotopic (exact) mass is 342 g/mol. The lowest BCUT2D eigenvalue weighted by molar-refractivity contribution is 0.0739. The summed E-state index contributed by atoms with van der Waals surface area (Å²) in [6.45, 7) is 0. The fourth-order valence-corrected chi connectivity index (χ4v) is 6.82. The molecule has 4 aliphatic carbocycles. The third kappa shape index (κ3) is 1.75. The lowest BCUT2D eigenvalue weighted by atomic mass is 9.56. The van der Waals surface area contributed by atoms with E-state index in [0.29, 0.717) is 8.01 Å². The van der Waals surface area contributed by atoms with E-state index in [1.54, 1.807) is 0 Å².